The molecule has 0 saturated heterocycles. The van der Waals surface area contributed by atoms with Crippen molar-refractivity contribution < 1.29 is 19.4 Å². The summed E-state index contributed by atoms with van der Waals surface area (Å²) in [6, 6.07) is 5.35. The van der Waals surface area contributed by atoms with Gasteiger partial charge in [-0.25, -0.2) is 0 Å². The second-order valence-corrected chi connectivity index (χ2v) is 3.77. The minimum absolute atomic E-state index is 0.246. The molecule has 0 aliphatic heterocycles. The Balaban J connectivity index is 2.60. The van der Waals surface area contributed by atoms with Gasteiger partial charge in [-0.05, 0) is 18.1 Å². The SMILES string of the molecule is COc1cccc2c1C(C(=O)O)C(=O)CC2. The number of carboxylic acids is 1. The molecule has 0 fully saturated rings. The lowest BCUT2D eigenvalue weighted by Crippen LogP contribution is -2.27. The number of methoxy groups -OCH3 is 1. The van der Waals surface area contributed by atoms with Crippen LogP contribution in [-0.4, -0.2) is 24.0 Å². The van der Waals surface area contributed by atoms with Gasteiger partial charge in [-0.3, -0.25) is 9.59 Å². The zero-order chi connectivity index (χ0) is 11.7. The third-order valence-corrected chi connectivity index (χ3v) is 2.87. The molecule has 0 saturated carbocycles. The molecule has 1 aliphatic carbocycles. The van der Waals surface area contributed by atoms with E-state index in [0.29, 0.717) is 17.7 Å². The topological polar surface area (TPSA) is 63.6 Å². The smallest absolute Gasteiger partial charge is 0.318 e. The number of fused-ring (bicyclic) bond motifs is 1. The van der Waals surface area contributed by atoms with Gasteiger partial charge in [0.2, 0.25) is 0 Å². The Hall–Kier alpha value is -1.84. The Bertz CT molecular complexity index is 436. The molecular weight excluding hydrogens is 208 g/mol. The van der Waals surface area contributed by atoms with Crippen LogP contribution in [0.2, 0.25) is 0 Å². The molecule has 0 amide bonds. The molecule has 1 unspecified atom stereocenters. The third-order valence-electron chi connectivity index (χ3n) is 2.87. The maximum absolute atomic E-state index is 11.6. The Morgan fingerprint density at radius 2 is 2.19 bits per heavy atom. The fourth-order valence-corrected chi connectivity index (χ4v) is 2.14. The van der Waals surface area contributed by atoms with E-state index in [-0.39, 0.29) is 12.2 Å². The maximum Gasteiger partial charge on any atom is 0.318 e. The summed E-state index contributed by atoms with van der Waals surface area (Å²) in [4.78, 5) is 22.7. The van der Waals surface area contributed by atoms with Gasteiger partial charge in [0.15, 0.2) is 5.78 Å². The van der Waals surface area contributed by atoms with Crippen molar-refractivity contribution in [3.05, 3.63) is 29.3 Å². The van der Waals surface area contributed by atoms with Crippen LogP contribution in [0.3, 0.4) is 0 Å². The second-order valence-electron chi connectivity index (χ2n) is 3.77. The molecule has 1 aromatic rings. The molecule has 1 N–H and O–H groups in total. The number of rotatable bonds is 2. The van der Waals surface area contributed by atoms with E-state index in [4.69, 9.17) is 9.84 Å². The molecule has 0 aromatic heterocycles. The Kier molecular flexibility index (Phi) is 2.64. The first-order valence-electron chi connectivity index (χ1n) is 5.06. The van der Waals surface area contributed by atoms with E-state index < -0.39 is 11.9 Å². The largest absolute Gasteiger partial charge is 0.496 e. The van der Waals surface area contributed by atoms with Crippen molar-refractivity contribution in [2.45, 2.75) is 18.8 Å². The van der Waals surface area contributed by atoms with Gasteiger partial charge < -0.3 is 9.84 Å². The monoisotopic (exact) mass is 220 g/mol. The molecule has 4 nitrogen and oxygen atoms in total. The summed E-state index contributed by atoms with van der Waals surface area (Å²) < 4.78 is 5.13. The minimum atomic E-state index is -1.10. The first kappa shape index (κ1) is 10.7. The average molecular weight is 220 g/mol. The number of benzene rings is 1. The van der Waals surface area contributed by atoms with Crippen molar-refractivity contribution in [3.63, 3.8) is 0 Å². The summed E-state index contributed by atoms with van der Waals surface area (Å²) in [5, 5.41) is 9.10. The van der Waals surface area contributed by atoms with E-state index in [0.717, 1.165) is 5.56 Å². The maximum atomic E-state index is 11.6. The van der Waals surface area contributed by atoms with Crippen LogP contribution < -0.4 is 4.74 Å². The molecule has 0 heterocycles. The van der Waals surface area contributed by atoms with Crippen molar-refractivity contribution in [3.8, 4) is 5.75 Å². The van der Waals surface area contributed by atoms with Crippen LogP contribution in [0.25, 0.3) is 0 Å². The van der Waals surface area contributed by atoms with E-state index in [1.807, 2.05) is 12.1 Å². The van der Waals surface area contributed by atoms with Gasteiger partial charge in [-0.1, -0.05) is 12.1 Å². The van der Waals surface area contributed by atoms with Gasteiger partial charge in [-0.2, -0.15) is 0 Å². The summed E-state index contributed by atoms with van der Waals surface area (Å²) in [6.07, 6.45) is 0.881. The fourth-order valence-electron chi connectivity index (χ4n) is 2.14. The van der Waals surface area contributed by atoms with Gasteiger partial charge in [0, 0.05) is 12.0 Å². The van der Waals surface area contributed by atoms with Crippen LogP contribution >= 0.6 is 0 Å². The van der Waals surface area contributed by atoms with E-state index in [1.165, 1.54) is 7.11 Å². The van der Waals surface area contributed by atoms with Gasteiger partial charge in [0.1, 0.15) is 11.7 Å². The molecule has 0 radical (unpaired) electrons. The number of aryl methyl sites for hydroxylation is 1. The van der Waals surface area contributed by atoms with E-state index in [2.05, 4.69) is 0 Å². The van der Waals surface area contributed by atoms with Crippen molar-refractivity contribution in [1.82, 2.24) is 0 Å². The fraction of sp³-hybridized carbons (Fsp3) is 0.333. The first-order chi connectivity index (χ1) is 7.65. The number of carboxylic acid groups (broad SMARTS) is 1. The zero-order valence-electron chi connectivity index (χ0n) is 8.90. The molecule has 84 valence electrons. The zero-order valence-corrected chi connectivity index (χ0v) is 8.90. The molecule has 0 bridgehead atoms. The van der Waals surface area contributed by atoms with Gasteiger partial charge in [-0.15, -0.1) is 0 Å². The van der Waals surface area contributed by atoms with Crippen LogP contribution in [0.4, 0.5) is 0 Å². The number of hydrogen-bond donors (Lipinski definition) is 1. The number of carbonyl (C=O) groups excluding carboxylic acids is 1. The standard InChI is InChI=1S/C12H12O4/c1-16-9-4-2-3-7-5-6-8(13)11(10(7)9)12(14)15/h2-4,11H,5-6H2,1H3,(H,14,15). The minimum Gasteiger partial charge on any atom is -0.496 e. The first-order valence-corrected chi connectivity index (χ1v) is 5.06. The molecule has 2 rings (SSSR count). The van der Waals surface area contributed by atoms with Crippen molar-refractivity contribution in [2.24, 2.45) is 0 Å². The molecule has 4 heteroatoms. The lowest BCUT2D eigenvalue weighted by Gasteiger charge is -2.23. The number of ether oxygens (including phenoxy) is 1. The average Bonchev–Trinajstić information content (AvgIpc) is 2.27. The highest BCUT2D eigenvalue weighted by Gasteiger charge is 2.35. The number of carbonyl (C=O) groups is 2. The highest BCUT2D eigenvalue weighted by atomic mass is 16.5. The summed E-state index contributed by atoms with van der Waals surface area (Å²) in [6.45, 7) is 0. The predicted molar refractivity (Wildman–Crippen MR) is 56.7 cm³/mol. The van der Waals surface area contributed by atoms with Crippen molar-refractivity contribution in [2.75, 3.05) is 7.11 Å². The van der Waals surface area contributed by atoms with Crippen LogP contribution in [0.1, 0.15) is 23.5 Å². The lowest BCUT2D eigenvalue weighted by atomic mass is 9.81. The van der Waals surface area contributed by atoms with Crippen LogP contribution in [0.15, 0.2) is 18.2 Å². The summed E-state index contributed by atoms with van der Waals surface area (Å²) in [5.41, 5.74) is 1.42. The van der Waals surface area contributed by atoms with E-state index >= 15 is 0 Å². The molecular formula is C12H12O4. The van der Waals surface area contributed by atoms with E-state index in [1.54, 1.807) is 6.07 Å². The van der Waals surface area contributed by atoms with Crippen LogP contribution in [0.5, 0.6) is 5.75 Å². The van der Waals surface area contributed by atoms with Crippen LogP contribution in [-0.2, 0) is 16.0 Å². The highest BCUT2D eigenvalue weighted by molar-refractivity contribution is 6.05. The molecule has 0 spiro atoms. The van der Waals surface area contributed by atoms with Crippen LogP contribution in [0, 0.1) is 0 Å². The highest BCUT2D eigenvalue weighted by Crippen LogP contribution is 2.36. The Morgan fingerprint density at radius 1 is 1.44 bits per heavy atom. The van der Waals surface area contributed by atoms with Crippen molar-refractivity contribution >= 4 is 11.8 Å². The normalized spacial score (nSPS) is 19.1. The second kappa shape index (κ2) is 3.96. The van der Waals surface area contributed by atoms with Crippen molar-refractivity contribution in [1.29, 1.82) is 0 Å². The third kappa shape index (κ3) is 1.56. The summed E-state index contributed by atoms with van der Waals surface area (Å²) in [7, 11) is 1.48. The number of aliphatic carboxylic acids is 1. The molecule has 1 aliphatic rings. The molecule has 16 heavy (non-hydrogen) atoms. The summed E-state index contributed by atoms with van der Waals surface area (Å²) in [5.74, 6) is -1.93. The Labute approximate surface area is 92.8 Å². The van der Waals surface area contributed by atoms with Gasteiger partial charge in [0.25, 0.3) is 0 Å². The number of Topliss-reactive ketones (excluding diaryl/α,β-unsaturated/α-hetero) is 1. The van der Waals surface area contributed by atoms with Gasteiger partial charge >= 0.3 is 5.97 Å². The quantitative estimate of drug-likeness (QED) is 0.765. The number of hydrogen-bond acceptors (Lipinski definition) is 3. The lowest BCUT2D eigenvalue weighted by molar-refractivity contribution is -0.142. The van der Waals surface area contributed by atoms with E-state index in [9.17, 15) is 9.59 Å². The molecule has 1 atom stereocenters. The molecule has 1 aromatic carbocycles. The van der Waals surface area contributed by atoms with Gasteiger partial charge in [0.05, 0.1) is 7.11 Å². The Morgan fingerprint density at radius 3 is 2.81 bits per heavy atom. The predicted octanol–water partition coefficient (Wildman–Crippen LogP) is 1.38. The number of ketones is 1. The summed E-state index contributed by atoms with van der Waals surface area (Å²) >= 11 is 0.